The Morgan fingerprint density at radius 3 is 1.89 bits per heavy atom. The zero-order valence-electron chi connectivity index (χ0n) is 5.53. The average Bonchev–Trinajstić information content (AvgIpc) is 1.64. The average molecular weight is 190 g/mol. The maximum absolute atomic E-state index is 5.04. The summed E-state index contributed by atoms with van der Waals surface area (Å²) in [5, 5.41) is 0. The van der Waals surface area contributed by atoms with Gasteiger partial charge in [0.25, 0.3) is 0 Å². The molecule has 0 atom stereocenters. The maximum atomic E-state index is 5.04. The fraction of sp³-hybridized carbons (Fsp3) is 1.00. The predicted molar refractivity (Wildman–Crippen MR) is 46.5 cm³/mol. The van der Waals surface area contributed by atoms with Gasteiger partial charge in [-0.1, -0.05) is 12.2 Å². The smallest absolute Gasteiger partial charge is 0.244 e. The minimum atomic E-state index is -2.16. The van der Waals surface area contributed by atoms with E-state index in [9.17, 15) is 0 Å². The summed E-state index contributed by atoms with van der Waals surface area (Å²) in [6, 6.07) is 0. The molecule has 0 rings (SSSR count). The summed E-state index contributed by atoms with van der Waals surface area (Å²) < 4.78 is 10.1. The molecule has 0 aromatic rings. The van der Waals surface area contributed by atoms with Crippen molar-refractivity contribution < 1.29 is 9.05 Å². The lowest BCUT2D eigenvalue weighted by molar-refractivity contribution is 0.281. The third-order valence-corrected chi connectivity index (χ3v) is 3.08. The second-order valence-electron chi connectivity index (χ2n) is 1.30. The van der Waals surface area contributed by atoms with Gasteiger partial charge in [0.15, 0.2) is 0 Å². The summed E-state index contributed by atoms with van der Waals surface area (Å²) in [6.45, 7) is 4.88. The van der Waals surface area contributed by atoms with Gasteiger partial charge in [0.05, 0.1) is 13.2 Å². The first-order valence-corrected chi connectivity index (χ1v) is 6.53. The van der Waals surface area contributed by atoms with Gasteiger partial charge in [-0.25, -0.2) is 0 Å². The maximum Gasteiger partial charge on any atom is 0.244 e. The van der Waals surface area contributed by atoms with E-state index in [1.807, 2.05) is 13.8 Å². The second kappa shape index (κ2) is 4.69. The Bertz CT molecular complexity index is 107. The third kappa shape index (κ3) is 5.37. The van der Waals surface area contributed by atoms with Crippen LogP contribution >= 0.6 is 17.9 Å². The SMILES string of the molecule is [13CH3][13CH2]OP(=S)(S)O[13CH2][13CH3]. The molecular weight excluding hydrogens is 179 g/mol. The highest BCUT2D eigenvalue weighted by molar-refractivity contribution is 8.60. The molecule has 0 saturated carbocycles. The molecule has 5 heteroatoms. The molecule has 0 heterocycles. The molecule has 0 aliphatic carbocycles. The molecule has 9 heavy (non-hydrogen) atoms. The first kappa shape index (κ1) is 9.92. The normalized spacial score (nSPS) is 11.9. The van der Waals surface area contributed by atoms with Crippen molar-refractivity contribution in [3.05, 3.63) is 0 Å². The molecule has 0 aliphatic heterocycles. The highest BCUT2D eigenvalue weighted by atomic mass is 32.9. The molecule has 0 saturated heterocycles. The minimum absolute atomic E-state index is 0.570. The molecule has 0 aliphatic rings. The highest BCUT2D eigenvalue weighted by Gasteiger charge is 2.08. The van der Waals surface area contributed by atoms with Gasteiger partial charge >= 0.3 is 0 Å². The Balaban J connectivity index is 3.58. The standard InChI is InChI=1S/C4H11O2PS2/c1-3-5-7(8,9)6-4-2/h3-4H2,1-2H3,(H,8,9)/i1+1,2+1,3+1,4+1. The summed E-state index contributed by atoms with van der Waals surface area (Å²) in [6.07, 6.45) is 0. The quantitative estimate of drug-likeness (QED) is 0.416. The van der Waals surface area contributed by atoms with Crippen LogP contribution in [0.25, 0.3) is 0 Å². The number of thiol groups is 1. The molecule has 2 nitrogen and oxygen atoms in total. The summed E-state index contributed by atoms with van der Waals surface area (Å²) in [7, 11) is 0. The first-order valence-electron chi connectivity index (χ1n) is 2.74. The third-order valence-electron chi connectivity index (χ3n) is 0.584. The Morgan fingerprint density at radius 2 is 1.67 bits per heavy atom. The molecule has 0 radical (unpaired) electrons. The van der Waals surface area contributed by atoms with Crippen LogP contribution in [0.1, 0.15) is 13.8 Å². The van der Waals surface area contributed by atoms with Gasteiger partial charge in [0, 0.05) is 0 Å². The molecule has 0 unspecified atom stereocenters. The van der Waals surface area contributed by atoms with E-state index in [0.29, 0.717) is 13.2 Å². The molecule has 0 aromatic heterocycles. The van der Waals surface area contributed by atoms with E-state index < -0.39 is 5.69 Å². The summed E-state index contributed by atoms with van der Waals surface area (Å²) in [5.41, 5.74) is -2.16. The first-order chi connectivity index (χ1) is 4.12. The van der Waals surface area contributed by atoms with Gasteiger partial charge in [0.1, 0.15) is 0 Å². The van der Waals surface area contributed by atoms with E-state index in [2.05, 4.69) is 12.2 Å². The van der Waals surface area contributed by atoms with Crippen molar-refractivity contribution in [1.29, 1.82) is 0 Å². The number of hydrogen-bond donors (Lipinski definition) is 1. The molecular formula is C4H11O2PS2. The number of rotatable bonds is 4. The van der Waals surface area contributed by atoms with Gasteiger partial charge in [0.2, 0.25) is 5.69 Å². The van der Waals surface area contributed by atoms with E-state index in [-0.39, 0.29) is 0 Å². The minimum Gasteiger partial charge on any atom is -0.322 e. The lowest BCUT2D eigenvalue weighted by atomic mass is 11.9. The highest BCUT2D eigenvalue weighted by Crippen LogP contribution is 2.52. The van der Waals surface area contributed by atoms with Crippen LogP contribution in [-0.2, 0) is 20.9 Å². The summed E-state index contributed by atoms with van der Waals surface area (Å²) in [5.74, 6) is 0. The molecule has 0 fully saturated rings. The van der Waals surface area contributed by atoms with Crippen molar-refractivity contribution in [3.63, 3.8) is 0 Å². The lowest BCUT2D eigenvalue weighted by Crippen LogP contribution is -1.88. The van der Waals surface area contributed by atoms with Crippen LogP contribution in [0.5, 0.6) is 0 Å². The van der Waals surface area contributed by atoms with Crippen molar-refractivity contribution in [2.24, 2.45) is 0 Å². The topological polar surface area (TPSA) is 18.5 Å². The fourth-order valence-corrected chi connectivity index (χ4v) is 2.42. The van der Waals surface area contributed by atoms with Crippen molar-refractivity contribution in [2.45, 2.75) is 13.8 Å². The van der Waals surface area contributed by atoms with Crippen LogP contribution in [0, 0.1) is 0 Å². The molecule has 0 spiro atoms. The Hall–Kier alpha value is 0.920. The van der Waals surface area contributed by atoms with Crippen molar-refractivity contribution in [3.8, 4) is 0 Å². The molecule has 0 aromatic carbocycles. The van der Waals surface area contributed by atoms with Crippen LogP contribution in [0.4, 0.5) is 0 Å². The zero-order valence-corrected chi connectivity index (χ0v) is 8.14. The molecule has 0 bridgehead atoms. The van der Waals surface area contributed by atoms with Gasteiger partial charge in [-0.3, -0.25) is 0 Å². The van der Waals surface area contributed by atoms with Crippen molar-refractivity contribution in [1.82, 2.24) is 0 Å². The lowest BCUT2D eigenvalue weighted by Gasteiger charge is -2.13. The largest absolute Gasteiger partial charge is 0.322 e. The van der Waals surface area contributed by atoms with E-state index in [1.54, 1.807) is 0 Å². The van der Waals surface area contributed by atoms with Crippen LogP contribution in [0.15, 0.2) is 0 Å². The van der Waals surface area contributed by atoms with Gasteiger partial charge in [-0.15, -0.1) is 0 Å². The van der Waals surface area contributed by atoms with E-state index in [4.69, 9.17) is 20.9 Å². The Labute approximate surface area is 66.3 Å². The van der Waals surface area contributed by atoms with Crippen molar-refractivity contribution in [2.75, 3.05) is 13.2 Å². The van der Waals surface area contributed by atoms with Crippen LogP contribution in [0.2, 0.25) is 0 Å². The number of hydrogen-bond acceptors (Lipinski definition) is 3. The van der Waals surface area contributed by atoms with E-state index in [0.717, 1.165) is 0 Å². The van der Waals surface area contributed by atoms with Crippen LogP contribution < -0.4 is 0 Å². The summed E-state index contributed by atoms with van der Waals surface area (Å²) >= 11 is 8.90. The fourth-order valence-electron chi connectivity index (χ4n) is 0.364. The Morgan fingerprint density at radius 1 is 1.33 bits per heavy atom. The van der Waals surface area contributed by atoms with Crippen LogP contribution in [0.3, 0.4) is 0 Å². The van der Waals surface area contributed by atoms with Gasteiger partial charge < -0.3 is 9.05 Å². The summed E-state index contributed by atoms with van der Waals surface area (Å²) in [4.78, 5) is 0. The van der Waals surface area contributed by atoms with E-state index >= 15 is 0 Å². The van der Waals surface area contributed by atoms with Gasteiger partial charge in [-0.05, 0) is 25.7 Å². The zero-order chi connectivity index (χ0) is 7.33. The van der Waals surface area contributed by atoms with Crippen molar-refractivity contribution >= 4 is 29.7 Å². The Kier molecular flexibility index (Phi) is 5.17. The van der Waals surface area contributed by atoms with Gasteiger partial charge in [-0.2, -0.15) is 0 Å². The predicted octanol–water partition coefficient (Wildman–Crippen LogP) is 2.21. The monoisotopic (exact) mass is 190 g/mol. The van der Waals surface area contributed by atoms with Crippen LogP contribution in [-0.4, -0.2) is 13.2 Å². The molecule has 0 N–H and O–H groups in total. The molecule has 0 amide bonds. The second-order valence-corrected chi connectivity index (χ2v) is 6.59. The van der Waals surface area contributed by atoms with E-state index in [1.165, 1.54) is 0 Å². The molecule has 56 valence electrons.